The first-order chi connectivity index (χ1) is 9.60. The van der Waals surface area contributed by atoms with E-state index in [1.54, 1.807) is 37.3 Å². The third kappa shape index (κ3) is 3.28. The largest absolute Gasteiger partial charge is 0.417 e. The third-order valence-electron chi connectivity index (χ3n) is 2.60. The van der Waals surface area contributed by atoms with Crippen molar-refractivity contribution in [3.05, 3.63) is 58.6 Å². The van der Waals surface area contributed by atoms with Gasteiger partial charge in [0.2, 0.25) is 0 Å². The van der Waals surface area contributed by atoms with E-state index >= 15 is 0 Å². The molecule has 100 valence electrons. The normalized spacial score (nSPS) is 9.65. The number of carbonyl (C=O) groups excluding carboxylic acids is 1. The number of aryl methyl sites for hydroxylation is 1. The second kappa shape index (κ2) is 6.09. The Hall–Kier alpha value is -2.51. The Balaban J connectivity index is 2.11. The molecule has 5 heteroatoms. The van der Waals surface area contributed by atoms with Crippen LogP contribution in [0.2, 0.25) is 5.02 Å². The summed E-state index contributed by atoms with van der Waals surface area (Å²) in [5, 5.41) is 11.8. The quantitative estimate of drug-likeness (QED) is 0.903. The molecular formula is C15H11ClN2O2. The van der Waals surface area contributed by atoms with Gasteiger partial charge in [-0.25, -0.2) is 4.79 Å². The van der Waals surface area contributed by atoms with Crippen LogP contribution in [-0.4, -0.2) is 6.09 Å². The number of nitrogens with zero attached hydrogens (tertiary/aromatic N) is 1. The number of nitriles is 1. The van der Waals surface area contributed by atoms with Crippen LogP contribution >= 0.6 is 11.6 Å². The summed E-state index contributed by atoms with van der Waals surface area (Å²) >= 11 is 5.96. The van der Waals surface area contributed by atoms with Crippen LogP contribution in [0.15, 0.2) is 42.5 Å². The van der Waals surface area contributed by atoms with Gasteiger partial charge in [0.05, 0.1) is 10.6 Å². The number of halogens is 1. The number of nitrogens with one attached hydrogen (secondary N) is 1. The Labute approximate surface area is 121 Å². The zero-order valence-electron chi connectivity index (χ0n) is 10.7. The highest BCUT2D eigenvalue weighted by Crippen LogP contribution is 2.24. The minimum atomic E-state index is -0.614. The van der Waals surface area contributed by atoms with Crippen molar-refractivity contribution in [2.45, 2.75) is 6.92 Å². The maximum atomic E-state index is 11.7. The summed E-state index contributed by atoms with van der Waals surface area (Å²) in [6.07, 6.45) is -0.614. The molecule has 2 aromatic rings. The smallest absolute Gasteiger partial charge is 0.410 e. The van der Waals surface area contributed by atoms with Crippen molar-refractivity contribution >= 4 is 23.4 Å². The zero-order chi connectivity index (χ0) is 14.5. The van der Waals surface area contributed by atoms with Crippen LogP contribution in [0.25, 0.3) is 0 Å². The number of amides is 1. The summed E-state index contributed by atoms with van der Waals surface area (Å²) in [6.45, 7) is 1.75. The van der Waals surface area contributed by atoms with Gasteiger partial charge in [-0.15, -0.1) is 0 Å². The lowest BCUT2D eigenvalue weighted by Crippen LogP contribution is -2.16. The molecule has 0 spiro atoms. The molecule has 0 saturated carbocycles. The minimum Gasteiger partial charge on any atom is -0.410 e. The summed E-state index contributed by atoms with van der Waals surface area (Å²) in [7, 11) is 0. The van der Waals surface area contributed by atoms with Crippen LogP contribution in [0.1, 0.15) is 11.1 Å². The van der Waals surface area contributed by atoms with Crippen molar-refractivity contribution in [2.75, 3.05) is 5.32 Å². The van der Waals surface area contributed by atoms with Crippen molar-refractivity contribution in [2.24, 2.45) is 0 Å². The highest BCUT2D eigenvalue weighted by molar-refractivity contribution is 6.32. The molecule has 0 radical (unpaired) electrons. The highest BCUT2D eigenvalue weighted by Gasteiger charge is 2.09. The summed E-state index contributed by atoms with van der Waals surface area (Å²) in [6, 6.07) is 13.9. The summed E-state index contributed by atoms with van der Waals surface area (Å²) in [4.78, 5) is 11.7. The first kappa shape index (κ1) is 13.9. The Kier molecular flexibility index (Phi) is 4.24. The second-order valence-corrected chi connectivity index (χ2v) is 4.50. The lowest BCUT2D eigenvalue weighted by atomic mass is 10.1. The molecule has 1 amide bonds. The van der Waals surface area contributed by atoms with Gasteiger partial charge in [0.1, 0.15) is 11.8 Å². The fraction of sp³-hybridized carbons (Fsp3) is 0.0667. The molecule has 0 saturated heterocycles. The van der Waals surface area contributed by atoms with Gasteiger partial charge >= 0.3 is 6.09 Å². The lowest BCUT2D eigenvalue weighted by molar-refractivity contribution is 0.215. The van der Waals surface area contributed by atoms with Crippen LogP contribution in [0, 0.1) is 18.3 Å². The second-order valence-electron chi connectivity index (χ2n) is 4.09. The molecule has 0 aliphatic carbocycles. The first-order valence-electron chi connectivity index (χ1n) is 5.84. The molecule has 1 N–H and O–H groups in total. The molecule has 0 aromatic heterocycles. The number of benzene rings is 2. The van der Waals surface area contributed by atoms with E-state index in [4.69, 9.17) is 21.6 Å². The SMILES string of the molecule is Cc1cc(NC(=O)Oc2ccccc2)cc(Cl)c1C#N. The molecule has 0 aliphatic heterocycles. The van der Waals surface area contributed by atoms with E-state index in [0.29, 0.717) is 27.6 Å². The molecule has 0 aliphatic rings. The average molecular weight is 287 g/mol. The Morgan fingerprint density at radius 2 is 2.00 bits per heavy atom. The van der Waals surface area contributed by atoms with Crippen molar-refractivity contribution in [3.63, 3.8) is 0 Å². The standard InChI is InChI=1S/C15H11ClN2O2/c1-10-7-11(8-14(16)13(10)9-17)18-15(19)20-12-5-3-2-4-6-12/h2-8H,1H3,(H,18,19). The third-order valence-corrected chi connectivity index (χ3v) is 2.90. The van der Waals surface area contributed by atoms with Crippen LogP contribution in [0.4, 0.5) is 10.5 Å². The zero-order valence-corrected chi connectivity index (χ0v) is 11.4. The lowest BCUT2D eigenvalue weighted by Gasteiger charge is -2.09. The van der Waals surface area contributed by atoms with Crippen molar-refractivity contribution < 1.29 is 9.53 Å². The minimum absolute atomic E-state index is 0.294. The van der Waals surface area contributed by atoms with Crippen molar-refractivity contribution in [3.8, 4) is 11.8 Å². The first-order valence-corrected chi connectivity index (χ1v) is 6.22. The number of hydrogen-bond donors (Lipinski definition) is 1. The molecule has 0 fully saturated rings. The molecule has 0 atom stereocenters. The van der Waals surface area contributed by atoms with Crippen molar-refractivity contribution in [1.82, 2.24) is 0 Å². The van der Waals surface area contributed by atoms with E-state index in [1.165, 1.54) is 6.07 Å². The number of hydrogen-bond acceptors (Lipinski definition) is 3. The number of para-hydroxylation sites is 1. The number of rotatable bonds is 2. The van der Waals surface area contributed by atoms with Crippen LogP contribution in [0.5, 0.6) is 5.75 Å². The predicted octanol–water partition coefficient (Wildman–Crippen LogP) is 4.13. The van der Waals surface area contributed by atoms with E-state index in [9.17, 15) is 4.79 Å². The van der Waals surface area contributed by atoms with E-state index in [1.807, 2.05) is 12.1 Å². The molecule has 20 heavy (non-hydrogen) atoms. The van der Waals surface area contributed by atoms with Gasteiger partial charge in [-0.05, 0) is 36.8 Å². The molecule has 2 rings (SSSR count). The number of anilines is 1. The van der Waals surface area contributed by atoms with E-state index in [0.717, 1.165) is 0 Å². The fourth-order valence-electron chi connectivity index (χ4n) is 1.70. The highest BCUT2D eigenvalue weighted by atomic mass is 35.5. The van der Waals surface area contributed by atoms with Crippen LogP contribution in [0.3, 0.4) is 0 Å². The maximum absolute atomic E-state index is 11.7. The van der Waals surface area contributed by atoms with Crippen LogP contribution < -0.4 is 10.1 Å². The van der Waals surface area contributed by atoms with E-state index in [-0.39, 0.29) is 0 Å². The van der Waals surface area contributed by atoms with Gasteiger partial charge in [-0.2, -0.15) is 5.26 Å². The van der Waals surface area contributed by atoms with Crippen molar-refractivity contribution in [1.29, 1.82) is 5.26 Å². The van der Waals surface area contributed by atoms with E-state index < -0.39 is 6.09 Å². The van der Waals surface area contributed by atoms with Gasteiger partial charge in [0, 0.05) is 5.69 Å². The molecular weight excluding hydrogens is 276 g/mol. The Morgan fingerprint density at radius 1 is 1.30 bits per heavy atom. The molecule has 0 heterocycles. The molecule has 2 aromatic carbocycles. The number of ether oxygens (including phenoxy) is 1. The Bertz CT molecular complexity index is 655. The average Bonchev–Trinajstić information content (AvgIpc) is 2.39. The predicted molar refractivity (Wildman–Crippen MR) is 77.0 cm³/mol. The topological polar surface area (TPSA) is 62.1 Å². The van der Waals surface area contributed by atoms with Gasteiger partial charge in [0.25, 0.3) is 0 Å². The van der Waals surface area contributed by atoms with Gasteiger partial charge in [-0.1, -0.05) is 29.8 Å². The van der Waals surface area contributed by atoms with Gasteiger partial charge in [-0.3, -0.25) is 5.32 Å². The Morgan fingerprint density at radius 3 is 2.60 bits per heavy atom. The monoisotopic (exact) mass is 286 g/mol. The summed E-state index contributed by atoms with van der Waals surface area (Å²) in [5.41, 5.74) is 1.57. The summed E-state index contributed by atoms with van der Waals surface area (Å²) < 4.78 is 5.10. The maximum Gasteiger partial charge on any atom is 0.417 e. The molecule has 0 bridgehead atoms. The summed E-state index contributed by atoms with van der Waals surface area (Å²) in [5.74, 6) is 0.446. The van der Waals surface area contributed by atoms with E-state index in [2.05, 4.69) is 5.32 Å². The van der Waals surface area contributed by atoms with Crippen LogP contribution in [-0.2, 0) is 0 Å². The fourth-order valence-corrected chi connectivity index (χ4v) is 2.01. The molecule has 0 unspecified atom stereocenters. The van der Waals surface area contributed by atoms with Gasteiger partial charge in [0.15, 0.2) is 0 Å². The molecule has 4 nitrogen and oxygen atoms in total. The van der Waals surface area contributed by atoms with Gasteiger partial charge < -0.3 is 4.74 Å². The number of carbonyl (C=O) groups is 1.